The first-order valence-corrected chi connectivity index (χ1v) is 9.26. The Labute approximate surface area is 143 Å². The molecule has 0 saturated heterocycles. The summed E-state index contributed by atoms with van der Waals surface area (Å²) in [6.45, 7) is 4.37. The topological polar surface area (TPSA) is 40.9 Å². The van der Waals surface area contributed by atoms with E-state index in [1.54, 1.807) is 6.07 Å². The van der Waals surface area contributed by atoms with Crippen molar-refractivity contribution < 1.29 is 9.18 Å². The molecule has 3 unspecified atom stereocenters. The first-order chi connectivity index (χ1) is 11.5. The summed E-state index contributed by atoms with van der Waals surface area (Å²) in [5.74, 6) is 1.86. The van der Waals surface area contributed by atoms with E-state index in [9.17, 15) is 9.18 Å². The Bertz CT molecular complexity index is 749. The van der Waals surface area contributed by atoms with Crippen molar-refractivity contribution in [2.75, 3.05) is 0 Å². The van der Waals surface area contributed by atoms with Crippen molar-refractivity contribution in [1.82, 2.24) is 0 Å². The number of benzene rings is 1. The molecule has 0 radical (unpaired) electrons. The summed E-state index contributed by atoms with van der Waals surface area (Å²) in [4.78, 5) is 12.6. The molecule has 2 nitrogen and oxygen atoms in total. The number of hydrogen-bond donors (Lipinski definition) is 0. The number of carbonyl (C=O) groups is 1. The summed E-state index contributed by atoms with van der Waals surface area (Å²) in [5, 5.41) is 9.11. The Hall–Kier alpha value is -1.69. The molecule has 0 amide bonds. The Balaban J connectivity index is 1.82. The summed E-state index contributed by atoms with van der Waals surface area (Å²) in [7, 11) is 0. The van der Waals surface area contributed by atoms with E-state index in [-0.39, 0.29) is 16.8 Å². The molecule has 126 valence electrons. The lowest BCUT2D eigenvalue weighted by atomic mass is 9.51. The van der Waals surface area contributed by atoms with Gasteiger partial charge in [-0.15, -0.1) is 0 Å². The quantitative estimate of drug-likeness (QED) is 0.747. The van der Waals surface area contributed by atoms with Gasteiger partial charge in [-0.25, -0.2) is 4.39 Å². The summed E-state index contributed by atoms with van der Waals surface area (Å²) in [6.07, 6.45) is 5.34. The first kappa shape index (κ1) is 15.8. The molecule has 5 atom stereocenters. The molecule has 2 saturated carbocycles. The summed E-state index contributed by atoms with van der Waals surface area (Å²) in [5.41, 5.74) is 1.89. The molecule has 0 aliphatic heterocycles. The van der Waals surface area contributed by atoms with Crippen LogP contribution in [0.4, 0.5) is 4.39 Å². The number of halogens is 1. The molecule has 0 aromatic heterocycles. The minimum absolute atomic E-state index is 0.162. The monoisotopic (exact) mass is 325 g/mol. The fraction of sp³-hybridized carbons (Fsp3) is 0.619. The van der Waals surface area contributed by atoms with Gasteiger partial charge in [0.2, 0.25) is 0 Å². The number of fused-ring (bicyclic) bond motifs is 5. The van der Waals surface area contributed by atoms with Crippen LogP contribution in [-0.2, 0) is 11.2 Å². The van der Waals surface area contributed by atoms with Crippen LogP contribution >= 0.6 is 0 Å². The Morgan fingerprint density at radius 3 is 2.83 bits per heavy atom. The van der Waals surface area contributed by atoms with Crippen molar-refractivity contribution in [3.8, 4) is 6.07 Å². The largest absolute Gasteiger partial charge is 0.299 e. The van der Waals surface area contributed by atoms with Crippen LogP contribution in [0, 0.1) is 40.3 Å². The zero-order valence-corrected chi connectivity index (χ0v) is 14.4. The molecule has 0 heterocycles. The maximum absolute atomic E-state index is 14.7. The van der Waals surface area contributed by atoms with Gasteiger partial charge in [-0.1, -0.05) is 26.3 Å². The normalized spacial score (nSPS) is 37.3. The van der Waals surface area contributed by atoms with Crippen LogP contribution in [0.3, 0.4) is 0 Å². The van der Waals surface area contributed by atoms with Crippen molar-refractivity contribution in [1.29, 1.82) is 5.26 Å². The highest BCUT2D eigenvalue weighted by molar-refractivity contribution is 5.87. The Morgan fingerprint density at radius 2 is 2.12 bits per heavy atom. The van der Waals surface area contributed by atoms with Crippen LogP contribution in [0.2, 0.25) is 0 Å². The average molecular weight is 325 g/mol. The van der Waals surface area contributed by atoms with Crippen molar-refractivity contribution in [2.24, 2.45) is 23.2 Å². The predicted molar refractivity (Wildman–Crippen MR) is 89.9 cm³/mol. The minimum Gasteiger partial charge on any atom is -0.299 e. The molecular weight excluding hydrogens is 301 g/mol. The number of Topliss-reactive ketones (excluding diaryl/α,β-unsaturated/α-hetero) is 1. The van der Waals surface area contributed by atoms with Gasteiger partial charge in [0.05, 0.1) is 5.56 Å². The van der Waals surface area contributed by atoms with Crippen LogP contribution in [0.25, 0.3) is 0 Å². The fourth-order valence-corrected chi connectivity index (χ4v) is 6.18. The second-order valence-corrected chi connectivity index (χ2v) is 8.19. The van der Waals surface area contributed by atoms with Crippen LogP contribution in [-0.4, -0.2) is 5.78 Å². The zero-order chi connectivity index (χ0) is 17.1. The van der Waals surface area contributed by atoms with E-state index in [4.69, 9.17) is 5.26 Å². The fourth-order valence-electron chi connectivity index (χ4n) is 6.18. The molecule has 0 bridgehead atoms. The van der Waals surface area contributed by atoms with Crippen LogP contribution in [0.1, 0.15) is 68.6 Å². The molecule has 0 spiro atoms. The maximum atomic E-state index is 14.7. The minimum atomic E-state index is -0.306. The third kappa shape index (κ3) is 1.95. The van der Waals surface area contributed by atoms with E-state index in [0.29, 0.717) is 35.9 Å². The maximum Gasteiger partial charge on any atom is 0.144 e. The second-order valence-electron chi connectivity index (χ2n) is 8.19. The van der Waals surface area contributed by atoms with Crippen LogP contribution < -0.4 is 0 Å². The molecular formula is C21H24FNO. The highest BCUT2D eigenvalue weighted by atomic mass is 19.1. The summed E-state index contributed by atoms with van der Waals surface area (Å²) < 4.78 is 14.7. The molecule has 3 aliphatic carbocycles. The lowest BCUT2D eigenvalue weighted by Crippen LogP contribution is -2.46. The number of nitriles is 1. The van der Waals surface area contributed by atoms with Crippen LogP contribution in [0.15, 0.2) is 12.1 Å². The molecule has 1 aromatic carbocycles. The van der Waals surface area contributed by atoms with Gasteiger partial charge in [0, 0.05) is 11.8 Å². The van der Waals surface area contributed by atoms with Crippen LogP contribution in [0.5, 0.6) is 0 Å². The number of hydrogen-bond acceptors (Lipinski definition) is 2. The van der Waals surface area contributed by atoms with E-state index in [1.165, 1.54) is 0 Å². The molecule has 2 fully saturated rings. The molecule has 0 N–H and O–H groups in total. The lowest BCUT2D eigenvalue weighted by molar-refractivity contribution is -0.131. The van der Waals surface area contributed by atoms with Gasteiger partial charge in [-0.05, 0) is 66.5 Å². The van der Waals surface area contributed by atoms with Gasteiger partial charge in [-0.2, -0.15) is 5.26 Å². The van der Waals surface area contributed by atoms with Crippen molar-refractivity contribution in [3.05, 3.63) is 34.6 Å². The molecule has 24 heavy (non-hydrogen) atoms. The van der Waals surface area contributed by atoms with Gasteiger partial charge in [0.25, 0.3) is 0 Å². The summed E-state index contributed by atoms with van der Waals surface area (Å²) in [6, 6.07) is 5.62. The van der Waals surface area contributed by atoms with E-state index in [0.717, 1.165) is 43.2 Å². The third-order valence-electron chi connectivity index (χ3n) is 7.32. The highest BCUT2D eigenvalue weighted by Gasteiger charge is 2.57. The SMILES string of the molecule is CC[C@H]1C[C@]2(C)C(=O)CCC2C2CCc3c(ccc(C#N)c3F)C21. The number of nitrogens with zero attached hydrogens (tertiary/aromatic N) is 1. The Morgan fingerprint density at radius 1 is 1.33 bits per heavy atom. The van der Waals surface area contributed by atoms with Gasteiger partial charge < -0.3 is 0 Å². The van der Waals surface area contributed by atoms with Gasteiger partial charge in [-0.3, -0.25) is 4.79 Å². The zero-order valence-electron chi connectivity index (χ0n) is 14.4. The number of ketones is 1. The smallest absolute Gasteiger partial charge is 0.144 e. The number of carbonyl (C=O) groups excluding carboxylic acids is 1. The van der Waals surface area contributed by atoms with Crippen molar-refractivity contribution in [2.45, 2.75) is 58.3 Å². The lowest BCUT2D eigenvalue weighted by Gasteiger charge is -2.52. The van der Waals surface area contributed by atoms with E-state index in [2.05, 4.69) is 13.8 Å². The van der Waals surface area contributed by atoms with Crippen molar-refractivity contribution in [3.63, 3.8) is 0 Å². The van der Waals surface area contributed by atoms with E-state index >= 15 is 0 Å². The van der Waals surface area contributed by atoms with Crippen molar-refractivity contribution >= 4 is 5.78 Å². The number of rotatable bonds is 1. The average Bonchev–Trinajstić information content (AvgIpc) is 2.89. The second kappa shape index (κ2) is 5.41. The van der Waals surface area contributed by atoms with Gasteiger partial charge >= 0.3 is 0 Å². The van der Waals surface area contributed by atoms with E-state index < -0.39 is 0 Å². The summed E-state index contributed by atoms with van der Waals surface area (Å²) >= 11 is 0. The highest BCUT2D eigenvalue weighted by Crippen LogP contribution is 2.62. The van der Waals surface area contributed by atoms with Gasteiger partial charge in [0.15, 0.2) is 0 Å². The third-order valence-corrected chi connectivity index (χ3v) is 7.32. The molecule has 4 rings (SSSR count). The Kier molecular flexibility index (Phi) is 3.56. The van der Waals surface area contributed by atoms with Gasteiger partial charge in [0.1, 0.15) is 17.7 Å². The molecule has 3 heteroatoms. The van der Waals surface area contributed by atoms with E-state index in [1.807, 2.05) is 12.1 Å². The molecule has 3 aliphatic rings. The first-order valence-electron chi connectivity index (χ1n) is 9.26. The molecule has 1 aromatic rings. The standard InChI is InChI=1S/C21H24FNO/c1-3-12-10-21(2)17(8-9-18(21)24)16-7-6-15-14(19(12)16)5-4-13(11-23)20(15)22/h4-5,12,16-17,19H,3,6-10H2,1-2H3/t12-,16?,17?,19?,21-/m0/s1. The predicted octanol–water partition coefficient (Wildman–Crippen LogP) is 4.76.